The molecule has 4 atom stereocenters. The van der Waals surface area contributed by atoms with Crippen LogP contribution in [-0.2, 0) is 15.0 Å². The SMILES string of the molecule is COc1ccc2c(c1)C=C[C@H]1N2[C@H](C(=O)C(C)(C)C)[C@H](C(=O)c2ccccc2)[C@]12C(=O)Nc1ccccc12. The number of anilines is 2. The molecule has 1 saturated heterocycles. The molecule has 1 fully saturated rings. The fourth-order valence-electron chi connectivity index (χ4n) is 6.51. The van der Waals surface area contributed by atoms with E-state index in [2.05, 4.69) is 5.32 Å². The van der Waals surface area contributed by atoms with Crippen LogP contribution < -0.4 is 15.0 Å². The number of hydrogen-bond acceptors (Lipinski definition) is 5. The Balaban J connectivity index is 1.68. The molecule has 3 aliphatic rings. The second kappa shape index (κ2) is 8.42. The van der Waals surface area contributed by atoms with Crippen LogP contribution >= 0.6 is 0 Å². The number of amides is 1. The summed E-state index contributed by atoms with van der Waals surface area (Å²) in [6.07, 6.45) is 3.95. The minimum Gasteiger partial charge on any atom is -0.497 e. The lowest BCUT2D eigenvalue weighted by Gasteiger charge is -2.38. The lowest BCUT2D eigenvalue weighted by atomic mass is 9.63. The van der Waals surface area contributed by atoms with Gasteiger partial charge in [0.25, 0.3) is 0 Å². The summed E-state index contributed by atoms with van der Waals surface area (Å²) in [5, 5.41) is 3.06. The number of para-hydroxylation sites is 1. The van der Waals surface area contributed by atoms with Crippen molar-refractivity contribution in [1.29, 1.82) is 0 Å². The van der Waals surface area contributed by atoms with E-state index in [1.807, 2.05) is 98.5 Å². The minimum absolute atomic E-state index is 0.0806. The van der Waals surface area contributed by atoms with E-state index in [0.29, 0.717) is 17.0 Å². The molecule has 38 heavy (non-hydrogen) atoms. The maximum atomic E-state index is 14.6. The van der Waals surface area contributed by atoms with Crippen molar-refractivity contribution in [3.63, 3.8) is 0 Å². The third-order valence-electron chi connectivity index (χ3n) is 8.19. The van der Waals surface area contributed by atoms with Gasteiger partial charge < -0.3 is 15.0 Å². The third-order valence-corrected chi connectivity index (χ3v) is 8.19. The van der Waals surface area contributed by atoms with Crippen molar-refractivity contribution < 1.29 is 19.1 Å². The second-order valence-electron chi connectivity index (χ2n) is 11.3. The van der Waals surface area contributed by atoms with E-state index in [0.717, 1.165) is 16.8 Å². The quantitative estimate of drug-likeness (QED) is 0.487. The van der Waals surface area contributed by atoms with E-state index >= 15 is 0 Å². The molecule has 192 valence electrons. The first-order valence-corrected chi connectivity index (χ1v) is 12.9. The number of Topliss-reactive ketones (excluding diaryl/α,β-unsaturated/α-hetero) is 2. The first kappa shape index (κ1) is 24.2. The average molecular weight is 507 g/mol. The van der Waals surface area contributed by atoms with Crippen molar-refractivity contribution in [2.24, 2.45) is 11.3 Å². The molecule has 6 heteroatoms. The standard InChI is InChI=1S/C32H30N2O4/c1-31(2,3)29(36)27-26(28(35)19-10-6-5-7-11-19)32(22-12-8-9-13-23(22)33-30(32)37)25-17-14-20-18-21(38-4)15-16-24(20)34(25)27/h5-18,25-27H,1-4H3,(H,33,37)/t25-,26-,27+,32-/m1/s1. The van der Waals surface area contributed by atoms with Crippen LogP contribution in [0.3, 0.4) is 0 Å². The molecular weight excluding hydrogens is 476 g/mol. The summed E-state index contributed by atoms with van der Waals surface area (Å²) in [4.78, 5) is 45.2. The van der Waals surface area contributed by atoms with Crippen LogP contribution in [0.15, 0.2) is 78.9 Å². The molecular formula is C32H30N2O4. The van der Waals surface area contributed by atoms with Crippen LogP contribution in [-0.4, -0.2) is 36.7 Å². The number of ketones is 2. The van der Waals surface area contributed by atoms with E-state index in [4.69, 9.17) is 4.74 Å². The summed E-state index contributed by atoms with van der Waals surface area (Å²) in [5.74, 6) is -0.794. The Morgan fingerprint density at radius 2 is 1.68 bits per heavy atom. The number of ether oxygens (including phenoxy) is 1. The normalized spacial score (nSPS) is 25.0. The third kappa shape index (κ3) is 3.22. The van der Waals surface area contributed by atoms with Crippen molar-refractivity contribution in [3.8, 4) is 5.75 Å². The molecule has 6 nitrogen and oxygen atoms in total. The maximum absolute atomic E-state index is 14.6. The van der Waals surface area contributed by atoms with Gasteiger partial charge in [-0.2, -0.15) is 0 Å². The number of hydrogen-bond donors (Lipinski definition) is 1. The van der Waals surface area contributed by atoms with E-state index in [1.165, 1.54) is 0 Å². The van der Waals surface area contributed by atoms with Crippen molar-refractivity contribution in [1.82, 2.24) is 0 Å². The molecule has 3 aromatic carbocycles. The Morgan fingerprint density at radius 3 is 2.39 bits per heavy atom. The Morgan fingerprint density at radius 1 is 0.974 bits per heavy atom. The molecule has 0 radical (unpaired) electrons. The first-order chi connectivity index (χ1) is 18.2. The molecule has 6 rings (SSSR count). The zero-order valence-electron chi connectivity index (χ0n) is 21.9. The highest BCUT2D eigenvalue weighted by molar-refractivity contribution is 6.17. The van der Waals surface area contributed by atoms with Gasteiger partial charge in [0.15, 0.2) is 11.6 Å². The number of carbonyl (C=O) groups is 3. The molecule has 0 aliphatic carbocycles. The van der Waals surface area contributed by atoms with Gasteiger partial charge in [-0.3, -0.25) is 14.4 Å². The highest BCUT2D eigenvalue weighted by Crippen LogP contribution is 2.58. The topological polar surface area (TPSA) is 75.7 Å². The lowest BCUT2D eigenvalue weighted by molar-refractivity contribution is -0.128. The molecule has 1 spiro atoms. The predicted molar refractivity (Wildman–Crippen MR) is 148 cm³/mol. The minimum atomic E-state index is -1.29. The van der Waals surface area contributed by atoms with Crippen LogP contribution in [0.25, 0.3) is 6.08 Å². The van der Waals surface area contributed by atoms with Crippen molar-refractivity contribution >= 4 is 34.9 Å². The largest absolute Gasteiger partial charge is 0.497 e. The Bertz CT molecular complexity index is 1500. The number of nitrogens with one attached hydrogen (secondary N) is 1. The molecule has 3 aliphatic heterocycles. The van der Waals surface area contributed by atoms with Crippen molar-refractivity contribution in [3.05, 3.63) is 95.6 Å². The Hall–Kier alpha value is -4.19. The van der Waals surface area contributed by atoms with E-state index in [9.17, 15) is 14.4 Å². The number of methoxy groups -OCH3 is 1. The number of nitrogens with zero attached hydrogens (tertiary/aromatic N) is 1. The summed E-state index contributed by atoms with van der Waals surface area (Å²) < 4.78 is 5.46. The van der Waals surface area contributed by atoms with E-state index in [-0.39, 0.29) is 17.5 Å². The molecule has 3 aromatic rings. The van der Waals surface area contributed by atoms with E-state index < -0.39 is 28.8 Å². The van der Waals surface area contributed by atoms with Gasteiger partial charge in [-0.25, -0.2) is 0 Å². The zero-order valence-corrected chi connectivity index (χ0v) is 21.9. The van der Waals surface area contributed by atoms with Gasteiger partial charge in [0.05, 0.1) is 19.1 Å². The fourth-order valence-corrected chi connectivity index (χ4v) is 6.51. The number of benzene rings is 3. The monoisotopic (exact) mass is 506 g/mol. The highest BCUT2D eigenvalue weighted by atomic mass is 16.5. The summed E-state index contributed by atoms with van der Waals surface area (Å²) in [6.45, 7) is 5.62. The maximum Gasteiger partial charge on any atom is 0.238 e. The van der Waals surface area contributed by atoms with Gasteiger partial charge >= 0.3 is 0 Å². The lowest BCUT2D eigenvalue weighted by Crippen LogP contribution is -2.51. The molecule has 1 N–H and O–H groups in total. The summed E-state index contributed by atoms with van der Waals surface area (Å²) in [6, 6.07) is 20.8. The molecule has 0 saturated carbocycles. The van der Waals surface area contributed by atoms with Gasteiger partial charge in [0.2, 0.25) is 5.91 Å². The van der Waals surface area contributed by atoms with Crippen LogP contribution in [0.5, 0.6) is 5.75 Å². The van der Waals surface area contributed by atoms with Gasteiger partial charge in [-0.15, -0.1) is 0 Å². The number of rotatable bonds is 4. The highest BCUT2D eigenvalue weighted by Gasteiger charge is 2.70. The summed E-state index contributed by atoms with van der Waals surface area (Å²) >= 11 is 0. The summed E-state index contributed by atoms with van der Waals surface area (Å²) in [7, 11) is 1.61. The van der Waals surface area contributed by atoms with Crippen LogP contribution in [0.1, 0.15) is 42.3 Å². The second-order valence-corrected chi connectivity index (χ2v) is 11.3. The smallest absolute Gasteiger partial charge is 0.238 e. The molecule has 0 aromatic heterocycles. The van der Waals surface area contributed by atoms with Crippen molar-refractivity contribution in [2.75, 3.05) is 17.3 Å². The van der Waals surface area contributed by atoms with E-state index in [1.54, 1.807) is 19.2 Å². The average Bonchev–Trinajstić information content (AvgIpc) is 3.40. The fraction of sp³-hybridized carbons (Fsp3) is 0.281. The molecule has 3 heterocycles. The molecule has 0 bridgehead atoms. The van der Waals surface area contributed by atoms with Gasteiger partial charge in [0, 0.05) is 27.9 Å². The van der Waals surface area contributed by atoms with Gasteiger partial charge in [0.1, 0.15) is 17.2 Å². The predicted octanol–water partition coefficient (Wildman–Crippen LogP) is 5.28. The Kier molecular flexibility index (Phi) is 5.35. The van der Waals surface area contributed by atoms with Gasteiger partial charge in [-0.05, 0) is 29.8 Å². The number of carbonyl (C=O) groups excluding carboxylic acids is 3. The first-order valence-electron chi connectivity index (χ1n) is 12.9. The van der Waals surface area contributed by atoms with Crippen LogP contribution in [0.4, 0.5) is 11.4 Å². The zero-order chi connectivity index (χ0) is 26.8. The summed E-state index contributed by atoms with van der Waals surface area (Å²) in [5.41, 5.74) is 1.56. The van der Waals surface area contributed by atoms with Crippen molar-refractivity contribution in [2.45, 2.75) is 38.3 Å². The molecule has 1 amide bonds. The van der Waals surface area contributed by atoms with Crippen LogP contribution in [0.2, 0.25) is 0 Å². The Labute approximate surface area is 222 Å². The van der Waals surface area contributed by atoms with Crippen LogP contribution in [0, 0.1) is 11.3 Å². The number of fused-ring (bicyclic) bond motifs is 6. The van der Waals surface area contributed by atoms with Gasteiger partial charge in [-0.1, -0.05) is 81.5 Å². The molecule has 0 unspecified atom stereocenters.